The van der Waals surface area contributed by atoms with Crippen molar-refractivity contribution in [3.8, 4) is 0 Å². The first kappa shape index (κ1) is 13.3. The molecule has 1 heterocycles. The van der Waals surface area contributed by atoms with Gasteiger partial charge in [-0.3, -0.25) is 0 Å². The smallest absolute Gasteiger partial charge is 0.263 e. The molecule has 0 aliphatic rings. The molecule has 0 saturated heterocycles. The quantitative estimate of drug-likeness (QED) is 0.730. The van der Waals surface area contributed by atoms with Crippen LogP contribution in [0.15, 0.2) is 18.2 Å². The molecule has 0 N–H and O–H groups in total. The second kappa shape index (κ2) is 4.84. The number of fused-ring (bicyclic) bond motifs is 1. The fourth-order valence-corrected chi connectivity index (χ4v) is 2.25. The molecule has 0 aliphatic heterocycles. The van der Waals surface area contributed by atoms with E-state index in [0.717, 1.165) is 5.52 Å². The van der Waals surface area contributed by atoms with Crippen molar-refractivity contribution < 1.29 is 8.78 Å². The van der Waals surface area contributed by atoms with Gasteiger partial charge in [0.25, 0.3) is 6.43 Å². The first-order valence-electron chi connectivity index (χ1n) is 5.85. The highest BCUT2D eigenvalue weighted by Crippen LogP contribution is 2.30. The van der Waals surface area contributed by atoms with E-state index in [9.17, 15) is 8.78 Å². The Morgan fingerprint density at radius 1 is 1.22 bits per heavy atom. The van der Waals surface area contributed by atoms with Crippen molar-refractivity contribution in [2.45, 2.75) is 38.6 Å². The Labute approximate surface area is 110 Å². The molecule has 0 radical (unpaired) electrons. The van der Waals surface area contributed by atoms with Crippen LogP contribution in [0.1, 0.15) is 50.0 Å². The summed E-state index contributed by atoms with van der Waals surface area (Å²) in [5.41, 5.74) is 1.41. The van der Waals surface area contributed by atoms with Crippen LogP contribution in [-0.2, 0) is 0 Å². The highest BCUT2D eigenvalue weighted by Gasteiger charge is 2.18. The number of hydrogen-bond acceptors (Lipinski definition) is 1. The summed E-state index contributed by atoms with van der Waals surface area (Å²) in [5, 5.41) is -0.255. The van der Waals surface area contributed by atoms with Gasteiger partial charge in [0.2, 0.25) is 0 Å². The molecule has 18 heavy (non-hydrogen) atoms. The Hall–Kier alpha value is -1.16. The third-order valence-electron chi connectivity index (χ3n) is 2.86. The summed E-state index contributed by atoms with van der Waals surface area (Å²) in [4.78, 5) is 4.37. The van der Waals surface area contributed by atoms with Crippen molar-refractivity contribution in [2.24, 2.45) is 0 Å². The van der Waals surface area contributed by atoms with Gasteiger partial charge in [0.1, 0.15) is 5.82 Å². The highest BCUT2D eigenvalue weighted by atomic mass is 35.5. The Kier molecular flexibility index (Phi) is 3.57. The van der Waals surface area contributed by atoms with E-state index < -0.39 is 6.43 Å². The predicted molar refractivity (Wildman–Crippen MR) is 69.3 cm³/mol. The molecule has 0 fully saturated rings. The van der Waals surface area contributed by atoms with Gasteiger partial charge in [-0.25, -0.2) is 13.8 Å². The molecule has 1 aromatic carbocycles. The van der Waals surface area contributed by atoms with Crippen LogP contribution in [0.5, 0.6) is 0 Å². The van der Waals surface area contributed by atoms with Gasteiger partial charge in [-0.2, -0.15) is 0 Å². The fourth-order valence-electron chi connectivity index (χ4n) is 2.09. The van der Waals surface area contributed by atoms with E-state index in [1.165, 1.54) is 12.1 Å². The van der Waals surface area contributed by atoms with Gasteiger partial charge in [-0.15, -0.1) is 11.6 Å². The van der Waals surface area contributed by atoms with Crippen molar-refractivity contribution in [1.82, 2.24) is 9.55 Å². The summed E-state index contributed by atoms with van der Waals surface area (Å²) in [6.07, 6.45) is -2.48. The van der Waals surface area contributed by atoms with Gasteiger partial charge in [-0.1, -0.05) is 6.07 Å². The largest absolute Gasteiger partial charge is 0.324 e. The Balaban J connectivity index is 2.68. The number of nitrogens with zero attached hydrogens (tertiary/aromatic N) is 2. The normalized spacial score (nSPS) is 13.8. The van der Waals surface area contributed by atoms with E-state index in [-0.39, 0.29) is 17.0 Å². The number of aromatic nitrogens is 2. The van der Waals surface area contributed by atoms with E-state index in [2.05, 4.69) is 4.98 Å². The maximum absolute atomic E-state index is 12.7. The first-order chi connectivity index (χ1) is 8.41. The number of rotatable bonds is 3. The van der Waals surface area contributed by atoms with Crippen LogP contribution >= 0.6 is 11.6 Å². The molecule has 5 heteroatoms. The topological polar surface area (TPSA) is 17.8 Å². The number of halogens is 3. The first-order valence-corrected chi connectivity index (χ1v) is 6.29. The van der Waals surface area contributed by atoms with Crippen molar-refractivity contribution in [3.05, 3.63) is 29.6 Å². The minimum absolute atomic E-state index is 0.00955. The summed E-state index contributed by atoms with van der Waals surface area (Å²) >= 11 is 6.09. The SMILES string of the molecule is CC(Cl)c1nc2cc(C(F)F)ccc2n1C(C)C. The lowest BCUT2D eigenvalue weighted by atomic mass is 10.2. The van der Waals surface area contributed by atoms with Crippen LogP contribution in [-0.4, -0.2) is 9.55 Å². The van der Waals surface area contributed by atoms with Gasteiger partial charge >= 0.3 is 0 Å². The van der Waals surface area contributed by atoms with Gasteiger partial charge in [0.05, 0.1) is 16.4 Å². The van der Waals surface area contributed by atoms with Crippen LogP contribution in [0.4, 0.5) is 8.78 Å². The molecule has 2 aromatic rings. The summed E-state index contributed by atoms with van der Waals surface area (Å²) < 4.78 is 27.3. The number of imidazole rings is 1. The van der Waals surface area contributed by atoms with Crippen molar-refractivity contribution >= 4 is 22.6 Å². The zero-order chi connectivity index (χ0) is 13.4. The van der Waals surface area contributed by atoms with Crippen LogP contribution in [0.3, 0.4) is 0 Å². The number of alkyl halides is 3. The molecule has 2 rings (SSSR count). The number of hydrogen-bond donors (Lipinski definition) is 0. The van der Waals surface area contributed by atoms with Crippen LogP contribution in [0, 0.1) is 0 Å². The van der Waals surface area contributed by atoms with Crippen LogP contribution in [0.25, 0.3) is 11.0 Å². The molecular formula is C13H15ClF2N2. The molecule has 0 spiro atoms. The van der Waals surface area contributed by atoms with Crippen molar-refractivity contribution in [2.75, 3.05) is 0 Å². The maximum atomic E-state index is 12.7. The molecule has 98 valence electrons. The molecule has 0 amide bonds. The Morgan fingerprint density at radius 3 is 2.39 bits per heavy atom. The van der Waals surface area contributed by atoms with E-state index in [4.69, 9.17) is 11.6 Å². The van der Waals surface area contributed by atoms with E-state index >= 15 is 0 Å². The zero-order valence-electron chi connectivity index (χ0n) is 10.5. The van der Waals surface area contributed by atoms with Gasteiger partial charge < -0.3 is 4.57 Å². The van der Waals surface area contributed by atoms with Gasteiger partial charge in [-0.05, 0) is 32.9 Å². The molecule has 0 saturated carbocycles. The molecule has 0 bridgehead atoms. The van der Waals surface area contributed by atoms with E-state index in [1.807, 2.05) is 25.3 Å². The third kappa shape index (κ3) is 2.21. The summed E-state index contributed by atoms with van der Waals surface area (Å²) in [6, 6.07) is 4.74. The number of benzene rings is 1. The minimum atomic E-state index is -2.48. The van der Waals surface area contributed by atoms with E-state index in [1.54, 1.807) is 6.07 Å². The lowest BCUT2D eigenvalue weighted by Gasteiger charge is -2.14. The standard InChI is InChI=1S/C13H15ClF2N2/c1-7(2)18-11-5-4-9(12(15)16)6-10(11)17-13(18)8(3)14/h4-8,12H,1-3H3. The Bertz CT molecular complexity index is 561. The summed E-state index contributed by atoms with van der Waals surface area (Å²) in [7, 11) is 0. The molecule has 0 aliphatic carbocycles. The molecule has 1 aromatic heterocycles. The summed E-state index contributed by atoms with van der Waals surface area (Å²) in [5.74, 6) is 0.716. The van der Waals surface area contributed by atoms with Crippen molar-refractivity contribution in [3.63, 3.8) is 0 Å². The highest BCUT2D eigenvalue weighted by molar-refractivity contribution is 6.20. The second-order valence-electron chi connectivity index (χ2n) is 4.60. The zero-order valence-corrected chi connectivity index (χ0v) is 11.2. The van der Waals surface area contributed by atoms with E-state index in [0.29, 0.717) is 11.3 Å². The van der Waals surface area contributed by atoms with Crippen molar-refractivity contribution in [1.29, 1.82) is 0 Å². The van der Waals surface area contributed by atoms with Crippen LogP contribution in [0.2, 0.25) is 0 Å². The average molecular weight is 273 g/mol. The van der Waals surface area contributed by atoms with Gasteiger partial charge in [0.15, 0.2) is 0 Å². The summed E-state index contributed by atoms with van der Waals surface area (Å²) in [6.45, 7) is 5.87. The maximum Gasteiger partial charge on any atom is 0.263 e. The molecule has 1 unspecified atom stereocenters. The third-order valence-corrected chi connectivity index (χ3v) is 3.06. The molecule has 1 atom stereocenters. The predicted octanol–water partition coefficient (Wildman–Crippen LogP) is 4.85. The lowest BCUT2D eigenvalue weighted by molar-refractivity contribution is 0.151. The van der Waals surface area contributed by atoms with Gasteiger partial charge in [0, 0.05) is 11.6 Å². The Morgan fingerprint density at radius 2 is 1.89 bits per heavy atom. The van der Waals surface area contributed by atoms with Crippen LogP contribution < -0.4 is 0 Å². The second-order valence-corrected chi connectivity index (χ2v) is 5.25. The molecule has 2 nitrogen and oxygen atoms in total. The fraction of sp³-hybridized carbons (Fsp3) is 0.462. The average Bonchev–Trinajstić information content (AvgIpc) is 2.66. The minimum Gasteiger partial charge on any atom is -0.324 e. The monoisotopic (exact) mass is 272 g/mol. The lowest BCUT2D eigenvalue weighted by Crippen LogP contribution is -2.06. The molecular weight excluding hydrogens is 258 g/mol.